The molecule has 2 aliphatic rings. The maximum Gasteiger partial charge on any atom is 0.276 e. The summed E-state index contributed by atoms with van der Waals surface area (Å²) in [4.78, 5) is 27.3. The highest BCUT2D eigenvalue weighted by Crippen LogP contribution is 2.50. The fraction of sp³-hybridized carbons (Fsp3) is 0.429. The van der Waals surface area contributed by atoms with Gasteiger partial charge in [-0.25, -0.2) is 24.3 Å². The molecular weight excluding hydrogens is 450 g/mol. The number of fused-ring (bicyclic) bond motifs is 3. The Morgan fingerprint density at radius 1 is 1.11 bits per heavy atom. The first-order chi connectivity index (χ1) is 17.2. The minimum atomic E-state index is -0.212. The van der Waals surface area contributed by atoms with Gasteiger partial charge in [-0.15, -0.1) is 0 Å². The summed E-state index contributed by atoms with van der Waals surface area (Å²) >= 11 is 0. The molecule has 1 aliphatic heterocycles. The number of rotatable bonds is 4. The van der Waals surface area contributed by atoms with Crippen molar-refractivity contribution in [2.45, 2.75) is 70.9 Å². The lowest BCUT2D eigenvalue weighted by Gasteiger charge is -2.26. The largest absolute Gasteiger partial charge is 0.340 e. The van der Waals surface area contributed by atoms with Crippen molar-refractivity contribution in [3.63, 3.8) is 0 Å². The number of hydrogen-bond acceptors (Lipinski definition) is 6. The molecule has 4 heterocycles. The second kappa shape index (κ2) is 8.00. The summed E-state index contributed by atoms with van der Waals surface area (Å²) in [6.07, 6.45) is 5.96. The number of aromatic nitrogens is 5. The molecule has 36 heavy (non-hydrogen) atoms. The predicted octanol–water partition coefficient (Wildman–Crippen LogP) is 4.73. The van der Waals surface area contributed by atoms with Crippen molar-refractivity contribution < 1.29 is 0 Å². The molecule has 1 fully saturated rings. The minimum Gasteiger partial charge on any atom is -0.340 e. The van der Waals surface area contributed by atoms with E-state index in [4.69, 9.17) is 4.98 Å². The number of pyridine rings is 1. The Balaban J connectivity index is 1.44. The Morgan fingerprint density at radius 2 is 1.92 bits per heavy atom. The van der Waals surface area contributed by atoms with E-state index in [1.165, 1.54) is 24.0 Å². The van der Waals surface area contributed by atoms with Crippen LogP contribution in [0.2, 0.25) is 0 Å². The molecule has 8 heteroatoms. The molecule has 3 aromatic heterocycles. The Kier molecular flexibility index (Phi) is 5.09. The smallest absolute Gasteiger partial charge is 0.276 e. The van der Waals surface area contributed by atoms with Gasteiger partial charge in [-0.1, -0.05) is 26.8 Å². The average molecular weight is 484 g/mol. The lowest BCUT2D eigenvalue weighted by Crippen LogP contribution is -2.33. The molecule has 1 aromatic carbocycles. The Hall–Kier alpha value is -3.52. The van der Waals surface area contributed by atoms with Gasteiger partial charge < -0.3 is 10.6 Å². The third kappa shape index (κ3) is 3.71. The van der Waals surface area contributed by atoms with Crippen LogP contribution < -0.4 is 16.2 Å². The summed E-state index contributed by atoms with van der Waals surface area (Å²) in [6, 6.07) is 10.4. The van der Waals surface area contributed by atoms with Crippen molar-refractivity contribution in [3.05, 3.63) is 70.0 Å². The van der Waals surface area contributed by atoms with Crippen molar-refractivity contribution in [2.75, 3.05) is 11.9 Å². The highest BCUT2D eigenvalue weighted by atomic mass is 16.1. The molecule has 0 radical (unpaired) electrons. The molecule has 0 bridgehead atoms. The number of nitrogens with zero attached hydrogens (tertiary/aromatic N) is 5. The second-order valence-electron chi connectivity index (χ2n) is 11.5. The molecule has 1 saturated carbocycles. The van der Waals surface area contributed by atoms with E-state index in [-0.39, 0.29) is 17.0 Å². The average Bonchev–Trinajstić information content (AvgIpc) is 3.54. The van der Waals surface area contributed by atoms with E-state index in [0.717, 1.165) is 30.1 Å². The zero-order valence-electron chi connectivity index (χ0n) is 21.6. The summed E-state index contributed by atoms with van der Waals surface area (Å²) < 4.78 is 3.64. The van der Waals surface area contributed by atoms with Crippen molar-refractivity contribution in [2.24, 2.45) is 0 Å². The summed E-state index contributed by atoms with van der Waals surface area (Å²) in [6.45, 7) is 12.2. The van der Waals surface area contributed by atoms with E-state index in [9.17, 15) is 4.79 Å². The van der Waals surface area contributed by atoms with Gasteiger partial charge in [0, 0.05) is 60.2 Å². The fourth-order valence-corrected chi connectivity index (χ4v) is 5.32. The van der Waals surface area contributed by atoms with Gasteiger partial charge in [0.15, 0.2) is 5.82 Å². The molecule has 1 spiro atoms. The molecule has 186 valence electrons. The Morgan fingerprint density at radius 3 is 2.64 bits per heavy atom. The van der Waals surface area contributed by atoms with Gasteiger partial charge in [-0.2, -0.15) is 0 Å². The second-order valence-corrected chi connectivity index (χ2v) is 11.5. The molecule has 6 rings (SSSR count). The molecule has 8 nitrogen and oxygen atoms in total. The van der Waals surface area contributed by atoms with Gasteiger partial charge in [0.2, 0.25) is 0 Å². The van der Waals surface area contributed by atoms with E-state index in [1.54, 1.807) is 17.1 Å². The first kappa shape index (κ1) is 22.9. The highest BCUT2D eigenvalue weighted by molar-refractivity contribution is 5.82. The summed E-state index contributed by atoms with van der Waals surface area (Å²) in [5.41, 5.74) is 4.65. The number of benzene rings is 1. The number of hydrogen-bond donors (Lipinski definition) is 2. The monoisotopic (exact) mass is 483 g/mol. The molecule has 0 amide bonds. The van der Waals surface area contributed by atoms with Crippen LogP contribution in [-0.2, 0) is 17.4 Å². The summed E-state index contributed by atoms with van der Waals surface area (Å²) in [5.74, 6) is 2.09. The third-order valence-electron chi connectivity index (χ3n) is 7.36. The molecule has 0 saturated heterocycles. The van der Waals surface area contributed by atoms with Crippen molar-refractivity contribution >= 4 is 22.4 Å². The van der Waals surface area contributed by atoms with Crippen LogP contribution >= 0.6 is 0 Å². The topological polar surface area (TPSA) is 89.7 Å². The van der Waals surface area contributed by atoms with Gasteiger partial charge in [0.1, 0.15) is 11.6 Å². The van der Waals surface area contributed by atoms with Crippen LogP contribution in [0.4, 0.5) is 11.5 Å². The maximum absolute atomic E-state index is 13.4. The van der Waals surface area contributed by atoms with Crippen LogP contribution in [0.3, 0.4) is 0 Å². The third-order valence-corrected chi connectivity index (χ3v) is 7.36. The lowest BCUT2D eigenvalue weighted by atomic mass is 9.88. The van der Waals surface area contributed by atoms with Crippen LogP contribution in [0.5, 0.6) is 0 Å². The van der Waals surface area contributed by atoms with Crippen molar-refractivity contribution in [1.82, 2.24) is 29.6 Å². The SMILES string of the molecule is CC(C)n1c(=O)c2cnc(Nc3ccc4c(c3)CNCC43CC3)cc2n1-c1ccnc(C(C)(C)C)n1. The molecule has 0 atom stereocenters. The predicted molar refractivity (Wildman–Crippen MR) is 142 cm³/mol. The zero-order chi connectivity index (χ0) is 25.2. The van der Waals surface area contributed by atoms with Gasteiger partial charge in [-0.05, 0) is 49.9 Å². The Labute approximate surface area is 210 Å². The van der Waals surface area contributed by atoms with Gasteiger partial charge >= 0.3 is 0 Å². The fourth-order valence-electron chi connectivity index (χ4n) is 5.32. The molecule has 1 aliphatic carbocycles. The molecule has 4 aromatic rings. The number of nitrogens with one attached hydrogen (secondary N) is 2. The Bertz CT molecular complexity index is 1540. The molecule has 0 unspecified atom stereocenters. The zero-order valence-corrected chi connectivity index (χ0v) is 21.6. The first-order valence-electron chi connectivity index (χ1n) is 12.7. The van der Waals surface area contributed by atoms with Gasteiger partial charge in [0.05, 0.1) is 10.9 Å². The van der Waals surface area contributed by atoms with Gasteiger partial charge in [0.25, 0.3) is 5.56 Å². The normalized spacial score (nSPS) is 16.5. The lowest BCUT2D eigenvalue weighted by molar-refractivity contribution is 0.468. The quantitative estimate of drug-likeness (QED) is 0.436. The molecule has 2 N–H and O–H groups in total. The van der Waals surface area contributed by atoms with Crippen LogP contribution in [0.1, 0.15) is 70.5 Å². The van der Waals surface area contributed by atoms with Crippen molar-refractivity contribution in [3.8, 4) is 5.82 Å². The van der Waals surface area contributed by atoms with Crippen molar-refractivity contribution in [1.29, 1.82) is 0 Å². The van der Waals surface area contributed by atoms with Crippen LogP contribution in [-0.4, -0.2) is 30.9 Å². The highest BCUT2D eigenvalue weighted by Gasteiger charge is 2.46. The van der Waals surface area contributed by atoms with E-state index < -0.39 is 0 Å². The van der Waals surface area contributed by atoms with E-state index in [2.05, 4.69) is 59.6 Å². The molecular formula is C28H33N7O. The minimum absolute atomic E-state index is 0.0581. The standard InChI is InChI=1S/C28H33N7O/c1-17(2)34-25(36)20-15-31-23(13-22(20)35(34)24-8-11-30-26(33-24)27(3,4)5)32-19-6-7-21-18(12-19)14-29-16-28(21)9-10-28/h6-8,11-13,15,17,29H,9-10,14,16H2,1-5H3,(H,31,32). The summed E-state index contributed by atoms with van der Waals surface area (Å²) in [5, 5.41) is 7.61. The first-order valence-corrected chi connectivity index (χ1v) is 12.7. The van der Waals surface area contributed by atoms with Crippen LogP contribution in [0, 0.1) is 0 Å². The van der Waals surface area contributed by atoms with E-state index in [0.29, 0.717) is 22.4 Å². The summed E-state index contributed by atoms with van der Waals surface area (Å²) in [7, 11) is 0. The van der Waals surface area contributed by atoms with Crippen LogP contribution in [0.25, 0.3) is 16.7 Å². The van der Waals surface area contributed by atoms with E-state index >= 15 is 0 Å². The van der Waals surface area contributed by atoms with Crippen LogP contribution in [0.15, 0.2) is 47.5 Å². The van der Waals surface area contributed by atoms with Gasteiger partial charge in [-0.3, -0.25) is 4.79 Å². The van der Waals surface area contributed by atoms with E-state index in [1.807, 2.05) is 30.7 Å². The maximum atomic E-state index is 13.4. The number of anilines is 2.